The number of benzene rings is 7. The molecule has 0 saturated carbocycles. The van der Waals surface area contributed by atoms with Crippen LogP contribution in [0.1, 0.15) is 25.0 Å². The smallest absolute Gasteiger partial charge is 0.165 e. The van der Waals surface area contributed by atoms with Crippen LogP contribution in [0, 0.1) is 0 Å². The summed E-state index contributed by atoms with van der Waals surface area (Å²) in [5.74, 6) is 0.857. The minimum Gasteiger partial charge on any atom is -0.292 e. The summed E-state index contributed by atoms with van der Waals surface area (Å²) in [6.45, 7) is 4.69. The highest BCUT2D eigenvalue weighted by atomic mass is 15.1. The van der Waals surface area contributed by atoms with Gasteiger partial charge in [0.25, 0.3) is 0 Å². The molecule has 0 atom stereocenters. The van der Waals surface area contributed by atoms with Crippen molar-refractivity contribution in [1.29, 1.82) is 0 Å². The summed E-state index contributed by atoms with van der Waals surface area (Å²) in [6, 6.07) is 50.7. The van der Waals surface area contributed by atoms with Crippen molar-refractivity contribution in [3.8, 4) is 50.5 Å². The van der Waals surface area contributed by atoms with Crippen molar-refractivity contribution in [2.45, 2.75) is 19.3 Å². The number of aromatic nitrogens is 3. The van der Waals surface area contributed by atoms with Crippen LogP contribution in [-0.2, 0) is 5.41 Å². The number of hydrogen-bond acceptors (Lipinski definition) is 2. The molecule has 0 amide bonds. The van der Waals surface area contributed by atoms with Crippen LogP contribution < -0.4 is 0 Å². The average molecular weight is 612 g/mol. The topological polar surface area (TPSA) is 30.7 Å². The van der Waals surface area contributed by atoms with E-state index in [2.05, 4.69) is 158 Å². The molecule has 48 heavy (non-hydrogen) atoms. The number of para-hydroxylation sites is 2. The van der Waals surface area contributed by atoms with Crippen LogP contribution in [0.2, 0.25) is 0 Å². The van der Waals surface area contributed by atoms with Gasteiger partial charge in [0, 0.05) is 21.8 Å². The van der Waals surface area contributed by atoms with E-state index in [0.717, 1.165) is 39.1 Å². The zero-order valence-electron chi connectivity index (χ0n) is 26.6. The zero-order valence-corrected chi connectivity index (χ0v) is 26.6. The predicted molar refractivity (Wildman–Crippen MR) is 199 cm³/mol. The van der Waals surface area contributed by atoms with Gasteiger partial charge in [-0.3, -0.25) is 4.57 Å². The van der Waals surface area contributed by atoms with E-state index in [1.54, 1.807) is 0 Å². The van der Waals surface area contributed by atoms with Gasteiger partial charge in [0.05, 0.1) is 22.1 Å². The fourth-order valence-corrected chi connectivity index (χ4v) is 8.95. The van der Waals surface area contributed by atoms with Crippen LogP contribution in [0.5, 0.6) is 0 Å². The molecular weight excluding hydrogens is 583 g/mol. The van der Waals surface area contributed by atoms with Crippen molar-refractivity contribution in [2.24, 2.45) is 0 Å². The third kappa shape index (κ3) is 3.18. The summed E-state index contributed by atoms with van der Waals surface area (Å²) < 4.78 is 2.38. The lowest BCUT2D eigenvalue weighted by atomic mass is 9.79. The number of fused-ring (bicyclic) bond motifs is 6. The molecule has 3 heteroatoms. The third-order valence-corrected chi connectivity index (χ3v) is 10.9. The van der Waals surface area contributed by atoms with E-state index in [-0.39, 0.29) is 5.41 Å². The van der Waals surface area contributed by atoms with Crippen LogP contribution in [0.3, 0.4) is 0 Å². The Balaban J connectivity index is 1.30. The number of nitrogens with zero attached hydrogens (tertiary/aromatic N) is 3. The minimum absolute atomic E-state index is 0.197. The largest absolute Gasteiger partial charge is 0.292 e. The Morgan fingerprint density at radius 1 is 0.438 bits per heavy atom. The maximum absolute atomic E-state index is 5.50. The molecule has 2 aromatic heterocycles. The van der Waals surface area contributed by atoms with E-state index >= 15 is 0 Å². The number of hydrogen-bond donors (Lipinski definition) is 0. The first kappa shape index (κ1) is 26.1. The lowest BCUT2D eigenvalue weighted by Crippen LogP contribution is -2.17. The van der Waals surface area contributed by atoms with E-state index in [9.17, 15) is 0 Å². The van der Waals surface area contributed by atoms with E-state index in [0.29, 0.717) is 0 Å². The van der Waals surface area contributed by atoms with Gasteiger partial charge in [-0.15, -0.1) is 0 Å². The fraction of sp³-hybridized carbons (Fsp3) is 0.0667. The zero-order chi connectivity index (χ0) is 31.7. The quantitative estimate of drug-likeness (QED) is 0.195. The lowest BCUT2D eigenvalue weighted by molar-refractivity contribution is 0.661. The standard InChI is InChI=1S/C45H29N3/c1-45(2)34-21-4-3-14-27(34)32-19-9-20-33(42(32)45)43-44(47-36-23-6-5-22-35(36)46-43)48-37-24-10-17-30-28-15-7-12-26-13-8-16-29(39(26)28)31-18-11-25-38(48)41(31)40(30)37/h3-25H,1-2H3. The highest BCUT2D eigenvalue weighted by molar-refractivity contribution is 6.27. The van der Waals surface area contributed by atoms with Crippen molar-refractivity contribution in [2.75, 3.05) is 0 Å². The van der Waals surface area contributed by atoms with E-state index < -0.39 is 0 Å². The minimum atomic E-state index is -0.197. The Hall–Kier alpha value is -6.06. The molecule has 0 N–H and O–H groups in total. The van der Waals surface area contributed by atoms with E-state index in [4.69, 9.17) is 9.97 Å². The maximum Gasteiger partial charge on any atom is 0.165 e. The molecule has 3 nitrogen and oxygen atoms in total. The number of rotatable bonds is 2. The van der Waals surface area contributed by atoms with Gasteiger partial charge in [0.1, 0.15) is 5.69 Å². The Labute approximate surface area is 277 Å². The monoisotopic (exact) mass is 611 g/mol. The normalized spacial score (nSPS) is 13.8. The molecule has 0 saturated heterocycles. The molecule has 2 aliphatic carbocycles. The SMILES string of the molecule is CC1(C)c2ccccc2-c2cccc(-c3nc4ccccc4nc3-n3c4cccc5c4c4c(cccc43)-c3cccc4cccc-5c34)c21. The summed E-state index contributed by atoms with van der Waals surface area (Å²) in [6.07, 6.45) is 0. The van der Waals surface area contributed by atoms with Crippen molar-refractivity contribution < 1.29 is 0 Å². The fourth-order valence-electron chi connectivity index (χ4n) is 8.95. The van der Waals surface area contributed by atoms with E-state index in [1.807, 2.05) is 0 Å². The molecule has 7 aromatic carbocycles. The molecule has 9 aromatic rings. The van der Waals surface area contributed by atoms with Crippen LogP contribution >= 0.6 is 0 Å². The molecule has 0 unspecified atom stereocenters. The highest BCUT2D eigenvalue weighted by Gasteiger charge is 2.38. The Morgan fingerprint density at radius 3 is 1.62 bits per heavy atom. The molecule has 0 bridgehead atoms. The summed E-state index contributed by atoms with van der Waals surface area (Å²) in [7, 11) is 0. The van der Waals surface area contributed by atoms with Crippen molar-refractivity contribution in [1.82, 2.24) is 14.5 Å². The van der Waals surface area contributed by atoms with E-state index in [1.165, 1.54) is 66.1 Å². The molecule has 224 valence electrons. The summed E-state index contributed by atoms with van der Waals surface area (Å²) in [5.41, 5.74) is 16.2. The Bertz CT molecular complexity index is 2770. The summed E-state index contributed by atoms with van der Waals surface area (Å²) in [5, 5.41) is 5.11. The summed E-state index contributed by atoms with van der Waals surface area (Å²) in [4.78, 5) is 11.0. The van der Waals surface area contributed by atoms with Gasteiger partial charge >= 0.3 is 0 Å². The summed E-state index contributed by atoms with van der Waals surface area (Å²) >= 11 is 0. The second-order valence-corrected chi connectivity index (χ2v) is 13.7. The maximum atomic E-state index is 5.50. The van der Waals surface area contributed by atoms with Crippen molar-refractivity contribution in [3.05, 3.63) is 151 Å². The first-order valence-corrected chi connectivity index (χ1v) is 16.7. The second kappa shape index (κ2) is 9.05. The van der Waals surface area contributed by atoms with Crippen molar-refractivity contribution >= 4 is 43.6 Å². The van der Waals surface area contributed by atoms with Crippen LogP contribution in [0.15, 0.2) is 140 Å². The highest BCUT2D eigenvalue weighted by Crippen LogP contribution is 2.54. The molecule has 2 aliphatic rings. The average Bonchev–Trinajstić information content (AvgIpc) is 3.55. The molecular formula is C45H29N3. The molecule has 2 heterocycles. The predicted octanol–water partition coefficient (Wildman–Crippen LogP) is 11.5. The first-order valence-electron chi connectivity index (χ1n) is 16.7. The van der Waals surface area contributed by atoms with Crippen LogP contribution in [0.25, 0.3) is 94.1 Å². The molecule has 0 fully saturated rings. The third-order valence-electron chi connectivity index (χ3n) is 10.9. The van der Waals surface area contributed by atoms with Crippen LogP contribution in [-0.4, -0.2) is 14.5 Å². The first-order chi connectivity index (χ1) is 23.6. The van der Waals surface area contributed by atoms with Gasteiger partial charge in [-0.2, -0.15) is 0 Å². The van der Waals surface area contributed by atoms with Crippen molar-refractivity contribution in [3.63, 3.8) is 0 Å². The Morgan fingerprint density at radius 2 is 0.938 bits per heavy atom. The lowest BCUT2D eigenvalue weighted by Gasteiger charge is -2.25. The van der Waals surface area contributed by atoms with Crippen LogP contribution in [0.4, 0.5) is 0 Å². The van der Waals surface area contributed by atoms with Gasteiger partial charge in [-0.25, -0.2) is 9.97 Å². The van der Waals surface area contributed by atoms with Gasteiger partial charge in [-0.05, 0) is 79.5 Å². The molecule has 0 spiro atoms. The second-order valence-electron chi connectivity index (χ2n) is 13.7. The van der Waals surface area contributed by atoms with Gasteiger partial charge in [0.15, 0.2) is 5.82 Å². The van der Waals surface area contributed by atoms with Gasteiger partial charge < -0.3 is 0 Å². The Kier molecular flexibility index (Phi) is 4.91. The van der Waals surface area contributed by atoms with Gasteiger partial charge in [0.2, 0.25) is 0 Å². The molecule has 0 radical (unpaired) electrons. The van der Waals surface area contributed by atoms with Gasteiger partial charge in [-0.1, -0.05) is 129 Å². The molecule has 11 rings (SSSR count). The molecule has 0 aliphatic heterocycles.